The molecule has 0 aliphatic carbocycles. The molecule has 0 saturated carbocycles. The highest BCUT2D eigenvalue weighted by atomic mass is 19.2. The van der Waals surface area contributed by atoms with E-state index in [0.717, 1.165) is 0 Å². The zero-order valence-electron chi connectivity index (χ0n) is 9.36. The summed E-state index contributed by atoms with van der Waals surface area (Å²) < 4.78 is 43.4. The Morgan fingerprint density at radius 1 is 1.33 bits per heavy atom. The Hall–Kier alpha value is -1.60. The van der Waals surface area contributed by atoms with Crippen molar-refractivity contribution >= 4 is 5.97 Å². The lowest BCUT2D eigenvalue weighted by molar-refractivity contribution is -0.159. The van der Waals surface area contributed by atoms with E-state index in [-0.39, 0.29) is 12.7 Å². The number of hydrogen-bond acceptors (Lipinski definition) is 4. The molecule has 0 radical (unpaired) electrons. The highest BCUT2D eigenvalue weighted by Crippen LogP contribution is 2.24. The van der Waals surface area contributed by atoms with Gasteiger partial charge < -0.3 is 14.9 Å². The van der Waals surface area contributed by atoms with Crippen LogP contribution in [0.4, 0.5) is 13.2 Å². The number of aliphatic hydroxyl groups is 2. The third-order valence-electron chi connectivity index (χ3n) is 2.17. The first-order valence-corrected chi connectivity index (χ1v) is 5.05. The number of rotatable bonds is 4. The van der Waals surface area contributed by atoms with Gasteiger partial charge in [0, 0.05) is 11.6 Å². The summed E-state index contributed by atoms with van der Waals surface area (Å²) in [4.78, 5) is 11.1. The smallest absolute Gasteiger partial charge is 0.338 e. The summed E-state index contributed by atoms with van der Waals surface area (Å²) in [6.45, 7) is 1.39. The van der Waals surface area contributed by atoms with Gasteiger partial charge in [-0.25, -0.2) is 18.0 Å². The second kappa shape index (κ2) is 5.83. The first-order valence-electron chi connectivity index (χ1n) is 5.05. The maximum atomic E-state index is 13.3. The van der Waals surface area contributed by atoms with Gasteiger partial charge in [-0.3, -0.25) is 0 Å². The van der Waals surface area contributed by atoms with Gasteiger partial charge in [0.15, 0.2) is 17.7 Å². The Balaban J connectivity index is 3.03. The molecule has 0 bridgehead atoms. The van der Waals surface area contributed by atoms with Crippen molar-refractivity contribution in [1.82, 2.24) is 0 Å². The van der Waals surface area contributed by atoms with Crippen molar-refractivity contribution in [3.8, 4) is 0 Å². The summed E-state index contributed by atoms with van der Waals surface area (Å²) in [5, 5.41) is 18.8. The van der Waals surface area contributed by atoms with E-state index in [4.69, 9.17) is 0 Å². The molecule has 1 aromatic rings. The first-order chi connectivity index (χ1) is 8.38. The second-order valence-electron chi connectivity index (χ2n) is 3.43. The van der Waals surface area contributed by atoms with Gasteiger partial charge >= 0.3 is 5.97 Å². The summed E-state index contributed by atoms with van der Waals surface area (Å²) in [5.41, 5.74) is -0.854. The minimum Gasteiger partial charge on any atom is -0.464 e. The number of esters is 1. The maximum Gasteiger partial charge on any atom is 0.338 e. The summed E-state index contributed by atoms with van der Waals surface area (Å²) in [6, 6.07) is 0.772. The van der Waals surface area contributed by atoms with Crippen LogP contribution in [0, 0.1) is 17.5 Å². The van der Waals surface area contributed by atoms with Gasteiger partial charge in [0.25, 0.3) is 0 Å². The molecule has 7 heteroatoms. The molecule has 2 atom stereocenters. The van der Waals surface area contributed by atoms with E-state index in [2.05, 4.69) is 4.74 Å². The fourth-order valence-corrected chi connectivity index (χ4v) is 1.32. The minimum atomic E-state index is -2.12. The highest BCUT2D eigenvalue weighted by Gasteiger charge is 2.30. The number of carbonyl (C=O) groups is 1. The van der Waals surface area contributed by atoms with E-state index >= 15 is 0 Å². The second-order valence-corrected chi connectivity index (χ2v) is 3.43. The third-order valence-corrected chi connectivity index (χ3v) is 2.17. The van der Waals surface area contributed by atoms with Gasteiger partial charge in [-0.1, -0.05) is 0 Å². The van der Waals surface area contributed by atoms with Crippen LogP contribution in [0.2, 0.25) is 0 Å². The third kappa shape index (κ3) is 2.99. The van der Waals surface area contributed by atoms with E-state index in [1.165, 1.54) is 6.92 Å². The summed E-state index contributed by atoms with van der Waals surface area (Å²) in [5.74, 6) is -5.42. The fourth-order valence-electron chi connectivity index (χ4n) is 1.32. The molecular weight excluding hydrogens is 253 g/mol. The molecule has 2 N–H and O–H groups in total. The van der Waals surface area contributed by atoms with E-state index in [1.807, 2.05) is 0 Å². The molecule has 0 heterocycles. The van der Waals surface area contributed by atoms with Crippen LogP contribution in [0.3, 0.4) is 0 Å². The maximum absolute atomic E-state index is 13.3. The molecule has 0 saturated heterocycles. The molecule has 0 aliphatic rings. The summed E-state index contributed by atoms with van der Waals surface area (Å²) in [7, 11) is 0. The van der Waals surface area contributed by atoms with Crippen molar-refractivity contribution in [2.45, 2.75) is 19.1 Å². The topological polar surface area (TPSA) is 66.8 Å². The van der Waals surface area contributed by atoms with Crippen LogP contribution in [0.1, 0.15) is 18.6 Å². The lowest BCUT2D eigenvalue weighted by Gasteiger charge is -2.17. The van der Waals surface area contributed by atoms with E-state index in [0.29, 0.717) is 6.07 Å². The summed E-state index contributed by atoms with van der Waals surface area (Å²) >= 11 is 0. The van der Waals surface area contributed by atoms with Crippen molar-refractivity contribution in [3.63, 3.8) is 0 Å². The Morgan fingerprint density at radius 3 is 2.50 bits per heavy atom. The standard InChI is InChI=1S/C11H11F3O4/c1-2-18-11(17)10(16)9(15)6-3-5(12)4-7(13)8(6)14/h3-4,9-10,15-16H,2H2,1H3. The number of carbonyl (C=O) groups excluding carboxylic acids is 1. The molecule has 0 aromatic heterocycles. The number of aliphatic hydroxyl groups excluding tert-OH is 2. The molecule has 1 aromatic carbocycles. The van der Waals surface area contributed by atoms with Crippen molar-refractivity contribution < 1.29 is 32.9 Å². The number of benzene rings is 1. The van der Waals surface area contributed by atoms with Gasteiger partial charge in [0.1, 0.15) is 11.9 Å². The van der Waals surface area contributed by atoms with Crippen LogP contribution in [-0.4, -0.2) is 28.9 Å². The fraction of sp³-hybridized carbons (Fsp3) is 0.364. The monoisotopic (exact) mass is 264 g/mol. The Labute approximate surface area is 101 Å². The van der Waals surface area contributed by atoms with Crippen LogP contribution >= 0.6 is 0 Å². The molecule has 0 aliphatic heterocycles. The van der Waals surface area contributed by atoms with Crippen LogP contribution < -0.4 is 0 Å². The highest BCUT2D eigenvalue weighted by molar-refractivity contribution is 5.75. The van der Waals surface area contributed by atoms with Crippen LogP contribution in [-0.2, 0) is 9.53 Å². The molecule has 2 unspecified atom stereocenters. The molecule has 18 heavy (non-hydrogen) atoms. The van der Waals surface area contributed by atoms with Crippen molar-refractivity contribution in [2.24, 2.45) is 0 Å². The van der Waals surface area contributed by atoms with E-state index in [9.17, 15) is 28.2 Å². The van der Waals surface area contributed by atoms with Crippen molar-refractivity contribution in [1.29, 1.82) is 0 Å². The van der Waals surface area contributed by atoms with Crippen molar-refractivity contribution in [3.05, 3.63) is 35.1 Å². The Kier molecular flexibility index (Phi) is 4.69. The SMILES string of the molecule is CCOC(=O)C(O)C(O)c1cc(F)cc(F)c1F. The van der Waals surface area contributed by atoms with E-state index < -0.39 is 41.2 Å². The average molecular weight is 264 g/mol. The first kappa shape index (κ1) is 14.5. The zero-order valence-corrected chi connectivity index (χ0v) is 9.36. The van der Waals surface area contributed by atoms with Crippen LogP contribution in [0.5, 0.6) is 0 Å². The summed E-state index contributed by atoms with van der Waals surface area (Å²) in [6.07, 6.45) is -4.24. The molecule has 0 amide bonds. The predicted octanol–water partition coefficient (Wildman–Crippen LogP) is 1.06. The van der Waals surface area contributed by atoms with Gasteiger partial charge in [0.2, 0.25) is 0 Å². The number of ether oxygens (including phenoxy) is 1. The molecule has 0 spiro atoms. The normalized spacial score (nSPS) is 14.1. The molecule has 1 rings (SSSR count). The average Bonchev–Trinajstić information content (AvgIpc) is 2.32. The molecule has 4 nitrogen and oxygen atoms in total. The van der Waals surface area contributed by atoms with Gasteiger partial charge in [-0.15, -0.1) is 0 Å². The van der Waals surface area contributed by atoms with E-state index in [1.54, 1.807) is 0 Å². The van der Waals surface area contributed by atoms with Gasteiger partial charge in [-0.2, -0.15) is 0 Å². The van der Waals surface area contributed by atoms with Gasteiger partial charge in [0.05, 0.1) is 6.61 Å². The van der Waals surface area contributed by atoms with Gasteiger partial charge in [-0.05, 0) is 13.0 Å². The largest absolute Gasteiger partial charge is 0.464 e. The lowest BCUT2D eigenvalue weighted by atomic mass is 10.0. The Bertz CT molecular complexity index is 450. The lowest BCUT2D eigenvalue weighted by Crippen LogP contribution is -2.30. The minimum absolute atomic E-state index is 0.0669. The van der Waals surface area contributed by atoms with Crippen LogP contribution in [0.15, 0.2) is 12.1 Å². The molecule has 0 fully saturated rings. The number of halogens is 3. The zero-order chi connectivity index (χ0) is 13.9. The molecule has 100 valence electrons. The number of hydrogen-bond donors (Lipinski definition) is 2. The predicted molar refractivity (Wildman–Crippen MR) is 53.9 cm³/mol. The molecular formula is C11H11F3O4. The van der Waals surface area contributed by atoms with Crippen LogP contribution in [0.25, 0.3) is 0 Å². The van der Waals surface area contributed by atoms with Crippen molar-refractivity contribution in [2.75, 3.05) is 6.61 Å². The quantitative estimate of drug-likeness (QED) is 0.630. The Morgan fingerprint density at radius 2 is 1.94 bits per heavy atom.